The molecule has 4 aromatic rings. The molecule has 2 N–H and O–H groups in total. The van der Waals surface area contributed by atoms with E-state index in [0.29, 0.717) is 5.92 Å². The van der Waals surface area contributed by atoms with Crippen molar-refractivity contribution in [1.29, 1.82) is 0 Å². The third-order valence-electron chi connectivity index (χ3n) is 5.76. The number of anilines is 2. The summed E-state index contributed by atoms with van der Waals surface area (Å²) >= 11 is 0. The van der Waals surface area contributed by atoms with Crippen LogP contribution in [0.15, 0.2) is 73.1 Å². The van der Waals surface area contributed by atoms with Crippen LogP contribution < -0.4 is 15.4 Å². The Hall–Kier alpha value is -3.88. The van der Waals surface area contributed by atoms with Crippen LogP contribution in [-0.4, -0.2) is 23.1 Å². The normalized spacial score (nSPS) is 15.5. The molecule has 1 aliphatic rings. The summed E-state index contributed by atoms with van der Waals surface area (Å²) in [5, 5.41) is 7.82. The number of hydrogen-bond donors (Lipinski definition) is 2. The molecule has 1 saturated heterocycles. The number of piperidine rings is 1. The van der Waals surface area contributed by atoms with Gasteiger partial charge in [0.1, 0.15) is 23.6 Å². The maximum absolute atomic E-state index is 6.00. The van der Waals surface area contributed by atoms with E-state index in [0.717, 1.165) is 64.5 Å². The van der Waals surface area contributed by atoms with E-state index in [2.05, 4.69) is 44.6 Å². The monoisotopic (exact) mass is 434 g/mol. The summed E-state index contributed by atoms with van der Waals surface area (Å²) in [4.78, 5) is 8.93. The largest absolute Gasteiger partial charge is 0.457 e. The summed E-state index contributed by atoms with van der Waals surface area (Å²) in [5.41, 5.74) is 3.85. The van der Waals surface area contributed by atoms with Crippen molar-refractivity contribution in [2.75, 3.05) is 18.4 Å². The van der Waals surface area contributed by atoms with Gasteiger partial charge in [-0.25, -0.2) is 9.97 Å². The molecular weight excluding hydrogens is 408 g/mol. The molecule has 0 spiro atoms. The van der Waals surface area contributed by atoms with E-state index in [1.54, 1.807) is 6.33 Å². The van der Waals surface area contributed by atoms with Gasteiger partial charge in [0.2, 0.25) is 0 Å². The van der Waals surface area contributed by atoms with Gasteiger partial charge in [-0.1, -0.05) is 30.0 Å². The maximum atomic E-state index is 6.00. The van der Waals surface area contributed by atoms with Crippen molar-refractivity contribution in [2.45, 2.75) is 19.8 Å². The molecule has 0 radical (unpaired) electrons. The average molecular weight is 435 g/mol. The molecule has 1 aromatic heterocycles. The van der Waals surface area contributed by atoms with Crippen LogP contribution in [0.3, 0.4) is 0 Å². The molecule has 0 amide bonds. The van der Waals surface area contributed by atoms with Gasteiger partial charge in [-0.15, -0.1) is 0 Å². The van der Waals surface area contributed by atoms with Crippen LogP contribution in [0.25, 0.3) is 10.9 Å². The molecule has 2 heterocycles. The van der Waals surface area contributed by atoms with Gasteiger partial charge in [0.05, 0.1) is 5.52 Å². The van der Waals surface area contributed by atoms with Crippen molar-refractivity contribution in [1.82, 2.24) is 15.3 Å². The first-order valence-electron chi connectivity index (χ1n) is 11.3. The van der Waals surface area contributed by atoms with Crippen LogP contribution in [0.1, 0.15) is 24.0 Å². The van der Waals surface area contributed by atoms with Crippen LogP contribution in [-0.2, 0) is 0 Å². The average Bonchev–Trinajstić information content (AvgIpc) is 2.86. The van der Waals surface area contributed by atoms with Crippen molar-refractivity contribution >= 4 is 22.4 Å². The molecule has 164 valence electrons. The zero-order valence-corrected chi connectivity index (χ0v) is 18.6. The molecular formula is C28H26N4O. The molecule has 1 atom stereocenters. The van der Waals surface area contributed by atoms with Gasteiger partial charge in [0, 0.05) is 29.1 Å². The minimum Gasteiger partial charge on any atom is -0.457 e. The number of aromatic nitrogens is 2. The molecule has 33 heavy (non-hydrogen) atoms. The number of hydrogen-bond acceptors (Lipinski definition) is 5. The fraction of sp³-hybridized carbons (Fsp3) is 0.214. The summed E-state index contributed by atoms with van der Waals surface area (Å²) in [6, 6.07) is 21.9. The van der Waals surface area contributed by atoms with Gasteiger partial charge < -0.3 is 15.4 Å². The van der Waals surface area contributed by atoms with Gasteiger partial charge in [-0.2, -0.15) is 0 Å². The lowest BCUT2D eigenvalue weighted by molar-refractivity contribution is 0.449. The van der Waals surface area contributed by atoms with E-state index in [4.69, 9.17) is 4.74 Å². The Morgan fingerprint density at radius 2 is 1.94 bits per heavy atom. The quantitative estimate of drug-likeness (QED) is 0.396. The lowest BCUT2D eigenvalue weighted by Gasteiger charge is -2.17. The number of aryl methyl sites for hydroxylation is 1. The van der Waals surface area contributed by atoms with Gasteiger partial charge in [0.25, 0.3) is 0 Å². The van der Waals surface area contributed by atoms with Crippen molar-refractivity contribution < 1.29 is 4.74 Å². The Bertz CT molecular complexity index is 1320. The lowest BCUT2D eigenvalue weighted by Crippen LogP contribution is -2.28. The summed E-state index contributed by atoms with van der Waals surface area (Å²) < 4.78 is 6.00. The van der Waals surface area contributed by atoms with Gasteiger partial charge in [-0.05, 0) is 80.4 Å². The lowest BCUT2D eigenvalue weighted by atomic mass is 10.00. The zero-order valence-electron chi connectivity index (χ0n) is 18.6. The highest BCUT2D eigenvalue weighted by molar-refractivity contribution is 5.91. The number of nitrogens with zero attached hydrogens (tertiary/aromatic N) is 2. The highest BCUT2D eigenvalue weighted by atomic mass is 16.5. The summed E-state index contributed by atoms with van der Waals surface area (Å²) in [5.74, 6) is 9.59. The minimum absolute atomic E-state index is 0.415. The molecule has 1 fully saturated rings. The number of fused-ring (bicyclic) bond motifs is 1. The predicted octanol–water partition coefficient (Wildman–Crippen LogP) is 5.83. The molecule has 1 unspecified atom stereocenters. The van der Waals surface area contributed by atoms with Crippen LogP contribution in [0.4, 0.5) is 11.5 Å². The predicted molar refractivity (Wildman–Crippen MR) is 133 cm³/mol. The maximum Gasteiger partial charge on any atom is 0.141 e. The molecule has 5 heteroatoms. The SMILES string of the molecule is Cc1cc(Nc2ncnc3ccc(C#CC4CCCNC4)cc23)ccc1Oc1ccccc1. The minimum atomic E-state index is 0.415. The number of para-hydroxylation sites is 1. The smallest absolute Gasteiger partial charge is 0.141 e. The Morgan fingerprint density at radius 3 is 2.76 bits per heavy atom. The first-order valence-corrected chi connectivity index (χ1v) is 11.3. The van der Waals surface area contributed by atoms with Crippen LogP contribution >= 0.6 is 0 Å². The second-order valence-electron chi connectivity index (χ2n) is 8.29. The van der Waals surface area contributed by atoms with Crippen LogP contribution in [0, 0.1) is 24.7 Å². The molecule has 5 rings (SSSR count). The zero-order chi connectivity index (χ0) is 22.5. The van der Waals surface area contributed by atoms with E-state index in [-0.39, 0.29) is 0 Å². The van der Waals surface area contributed by atoms with Crippen molar-refractivity contribution in [3.63, 3.8) is 0 Å². The van der Waals surface area contributed by atoms with E-state index >= 15 is 0 Å². The first-order chi connectivity index (χ1) is 16.2. The summed E-state index contributed by atoms with van der Waals surface area (Å²) in [7, 11) is 0. The van der Waals surface area contributed by atoms with E-state index in [1.165, 1.54) is 6.42 Å². The highest BCUT2D eigenvalue weighted by Crippen LogP contribution is 2.30. The third-order valence-corrected chi connectivity index (χ3v) is 5.76. The third kappa shape index (κ3) is 5.14. The molecule has 5 nitrogen and oxygen atoms in total. The van der Waals surface area contributed by atoms with Gasteiger partial charge in [0.15, 0.2) is 0 Å². The van der Waals surface area contributed by atoms with E-state index < -0.39 is 0 Å². The summed E-state index contributed by atoms with van der Waals surface area (Å²) in [6.45, 7) is 4.11. The van der Waals surface area contributed by atoms with Gasteiger partial charge >= 0.3 is 0 Å². The second kappa shape index (κ2) is 9.72. The van der Waals surface area contributed by atoms with Crippen molar-refractivity contribution in [3.8, 4) is 23.3 Å². The number of ether oxygens (including phenoxy) is 1. The van der Waals surface area contributed by atoms with Crippen molar-refractivity contribution in [2.24, 2.45) is 5.92 Å². The number of rotatable bonds is 4. The summed E-state index contributed by atoms with van der Waals surface area (Å²) in [6.07, 6.45) is 3.93. The standard InChI is InChI=1S/C28H26N4O/c1-20-16-23(12-14-27(20)33-24-7-3-2-4-8-24)32-28-25-17-21(11-13-26(25)30-19-31-28)9-10-22-6-5-15-29-18-22/h2-4,7-8,11-14,16-17,19,22,29H,5-6,15,18H2,1H3,(H,30,31,32). The molecule has 1 aliphatic heterocycles. The molecule has 0 bridgehead atoms. The molecule has 0 aliphatic carbocycles. The Morgan fingerprint density at radius 1 is 1.03 bits per heavy atom. The van der Waals surface area contributed by atoms with E-state index in [1.807, 2.05) is 61.5 Å². The molecule has 0 saturated carbocycles. The fourth-order valence-corrected chi connectivity index (χ4v) is 3.99. The highest BCUT2D eigenvalue weighted by Gasteiger charge is 2.10. The fourth-order valence-electron chi connectivity index (χ4n) is 3.99. The topological polar surface area (TPSA) is 59.1 Å². The Labute approximate surface area is 194 Å². The molecule has 3 aromatic carbocycles. The Kier molecular flexibility index (Phi) is 6.19. The van der Waals surface area contributed by atoms with Crippen molar-refractivity contribution in [3.05, 3.63) is 84.2 Å². The van der Waals surface area contributed by atoms with Crippen LogP contribution in [0.2, 0.25) is 0 Å². The number of nitrogens with one attached hydrogen (secondary N) is 2. The van der Waals surface area contributed by atoms with E-state index in [9.17, 15) is 0 Å². The van der Waals surface area contributed by atoms with Crippen LogP contribution in [0.5, 0.6) is 11.5 Å². The second-order valence-corrected chi connectivity index (χ2v) is 8.29. The Balaban J connectivity index is 1.38. The van der Waals surface area contributed by atoms with Gasteiger partial charge in [-0.3, -0.25) is 0 Å². The first kappa shape index (κ1) is 21.0. The number of benzene rings is 3.